The molecule has 0 bridgehead atoms. The number of hydrogen-bond acceptors (Lipinski definition) is 3. The molecule has 0 unspecified atom stereocenters. The van der Waals surface area contributed by atoms with Crippen LogP contribution < -0.4 is 10.1 Å². The molecule has 64 valence electrons. The molecule has 0 atom stereocenters. The zero-order valence-electron chi connectivity index (χ0n) is 7.07. The number of amides is 1. The zero-order valence-corrected chi connectivity index (χ0v) is 7.07. The molecule has 2 N–H and O–H groups in total. The van der Waals surface area contributed by atoms with Gasteiger partial charge in [-0.15, -0.1) is 0 Å². The van der Waals surface area contributed by atoms with Crippen molar-refractivity contribution in [2.24, 2.45) is 0 Å². The molecule has 1 aromatic heterocycles. The average molecular weight is 167 g/mol. The van der Waals surface area contributed by atoms with Crippen LogP contribution in [-0.2, 0) is 0 Å². The van der Waals surface area contributed by atoms with Crippen LogP contribution >= 0.6 is 0 Å². The summed E-state index contributed by atoms with van der Waals surface area (Å²) < 4.78 is 4.96. The van der Waals surface area contributed by atoms with Gasteiger partial charge in [-0.1, -0.05) is 0 Å². The molecule has 0 aliphatic carbocycles. The predicted octanol–water partition coefficient (Wildman–Crippen LogP) is -0.576. The number of hydrogen-bond donors (Lipinski definition) is 1. The van der Waals surface area contributed by atoms with Crippen molar-refractivity contribution in [1.29, 1.82) is 0 Å². The fraction of sp³-hybridized carbons (Fsp3) is 0.250. The van der Waals surface area contributed by atoms with E-state index >= 15 is 0 Å². The smallest absolute Gasteiger partial charge is 0.346 e. The Hall–Kier alpha value is -1.42. The van der Waals surface area contributed by atoms with Crippen LogP contribution in [-0.4, -0.2) is 25.0 Å². The lowest BCUT2D eigenvalue weighted by atomic mass is 10.2. The summed E-state index contributed by atoms with van der Waals surface area (Å²) in [5, 5.41) is 1.50. The minimum absolute atomic E-state index is 0.0470. The number of nitrogens with two attached hydrogens (primary N) is 1. The van der Waals surface area contributed by atoms with Crippen molar-refractivity contribution in [2.75, 3.05) is 14.2 Å². The molecular weight excluding hydrogens is 156 g/mol. The normalized spacial score (nSPS) is 9.50. The molecule has 4 nitrogen and oxygen atoms in total. The van der Waals surface area contributed by atoms with E-state index in [0.717, 1.165) is 0 Å². The number of ether oxygens (including phenoxy) is 1. The highest BCUT2D eigenvalue weighted by atomic mass is 16.5. The fourth-order valence-electron chi connectivity index (χ4n) is 0.902. The number of carbonyl (C=O) groups is 1. The largest absolute Gasteiger partial charge is 0.494 e. The van der Waals surface area contributed by atoms with Gasteiger partial charge in [-0.05, 0) is 6.07 Å². The van der Waals surface area contributed by atoms with E-state index < -0.39 is 0 Å². The standard InChI is InChI=1S/C8H10N2O2/c1-9-8(11)6-3-4-10-5-7(6)12-2/h3-5H,1-2H3,(H,9,11)/p+1. The third-order valence-corrected chi connectivity index (χ3v) is 1.53. The molecule has 1 aromatic rings. The van der Waals surface area contributed by atoms with E-state index in [4.69, 9.17) is 4.74 Å². The van der Waals surface area contributed by atoms with E-state index in [1.807, 2.05) is 0 Å². The second-order valence-corrected chi connectivity index (χ2v) is 2.23. The number of pyridine rings is 1. The number of quaternary nitrogens is 1. The Morgan fingerprint density at radius 3 is 3.00 bits per heavy atom. The van der Waals surface area contributed by atoms with Crippen LogP contribution in [0, 0.1) is 0 Å². The summed E-state index contributed by atoms with van der Waals surface area (Å²) in [6, 6.07) is 1.64. The highest BCUT2D eigenvalue weighted by Crippen LogP contribution is 2.13. The number of aromatic nitrogens is 1. The Kier molecular flexibility index (Phi) is 2.76. The van der Waals surface area contributed by atoms with Gasteiger partial charge in [0.05, 0.1) is 20.4 Å². The van der Waals surface area contributed by atoms with Crippen molar-refractivity contribution in [2.45, 2.75) is 0 Å². The van der Waals surface area contributed by atoms with Gasteiger partial charge in [-0.25, -0.2) is 4.79 Å². The van der Waals surface area contributed by atoms with Gasteiger partial charge in [0.15, 0.2) is 5.75 Å². The summed E-state index contributed by atoms with van der Waals surface area (Å²) in [5.41, 5.74) is 0.551. The first-order chi connectivity index (χ1) is 5.79. The minimum Gasteiger partial charge on any atom is -0.494 e. The first-order valence-electron chi connectivity index (χ1n) is 3.61. The SMILES string of the molecule is C[NH2+]C(=O)c1ccncc1OC. The van der Waals surface area contributed by atoms with Crippen LogP contribution in [0.1, 0.15) is 10.4 Å². The first-order valence-corrected chi connectivity index (χ1v) is 3.61. The molecule has 1 amide bonds. The number of primary amides is 1. The van der Waals surface area contributed by atoms with Gasteiger partial charge >= 0.3 is 5.91 Å². The van der Waals surface area contributed by atoms with E-state index in [0.29, 0.717) is 11.3 Å². The summed E-state index contributed by atoms with van der Waals surface area (Å²) in [7, 11) is 3.21. The van der Waals surface area contributed by atoms with Crippen LogP contribution in [0.3, 0.4) is 0 Å². The molecule has 0 aliphatic rings. The Bertz CT molecular complexity index is 286. The second-order valence-electron chi connectivity index (χ2n) is 2.23. The van der Waals surface area contributed by atoms with Crippen LogP contribution in [0.4, 0.5) is 0 Å². The van der Waals surface area contributed by atoms with Gasteiger partial charge in [0.1, 0.15) is 5.56 Å². The molecule has 4 heteroatoms. The molecule has 0 saturated carbocycles. The van der Waals surface area contributed by atoms with Gasteiger partial charge in [0, 0.05) is 6.20 Å². The van der Waals surface area contributed by atoms with Gasteiger partial charge in [0.25, 0.3) is 0 Å². The summed E-state index contributed by atoms with van der Waals surface area (Å²) in [6.45, 7) is 0. The van der Waals surface area contributed by atoms with Crippen molar-refractivity contribution in [3.8, 4) is 5.75 Å². The highest BCUT2D eigenvalue weighted by molar-refractivity contribution is 5.89. The van der Waals surface area contributed by atoms with Crippen molar-refractivity contribution in [1.82, 2.24) is 4.98 Å². The lowest BCUT2D eigenvalue weighted by Crippen LogP contribution is -2.83. The average Bonchev–Trinajstić information content (AvgIpc) is 2.16. The molecule has 0 radical (unpaired) electrons. The number of nitrogens with zero attached hydrogens (tertiary/aromatic N) is 1. The molecule has 0 fully saturated rings. The highest BCUT2D eigenvalue weighted by Gasteiger charge is 2.12. The van der Waals surface area contributed by atoms with Gasteiger partial charge in [0.2, 0.25) is 0 Å². The maximum atomic E-state index is 11.2. The van der Waals surface area contributed by atoms with Crippen molar-refractivity contribution >= 4 is 5.91 Å². The Morgan fingerprint density at radius 1 is 1.67 bits per heavy atom. The van der Waals surface area contributed by atoms with Crippen molar-refractivity contribution < 1.29 is 14.8 Å². The molecule has 1 heterocycles. The third kappa shape index (κ3) is 1.60. The van der Waals surface area contributed by atoms with Gasteiger partial charge < -0.3 is 4.74 Å². The van der Waals surface area contributed by atoms with Crippen LogP contribution in [0.2, 0.25) is 0 Å². The maximum absolute atomic E-state index is 11.2. The zero-order chi connectivity index (χ0) is 8.97. The molecule has 0 aromatic carbocycles. The minimum atomic E-state index is -0.0470. The molecule has 0 spiro atoms. The molecule has 0 saturated heterocycles. The predicted molar refractivity (Wildman–Crippen MR) is 43.0 cm³/mol. The van der Waals surface area contributed by atoms with Gasteiger partial charge in [-0.3, -0.25) is 10.3 Å². The Balaban J connectivity index is 3.04. The second kappa shape index (κ2) is 3.82. The van der Waals surface area contributed by atoms with E-state index in [9.17, 15) is 4.79 Å². The molecule has 12 heavy (non-hydrogen) atoms. The molecule has 0 aliphatic heterocycles. The third-order valence-electron chi connectivity index (χ3n) is 1.53. The topological polar surface area (TPSA) is 55.8 Å². The van der Waals surface area contributed by atoms with Crippen LogP contribution in [0.25, 0.3) is 0 Å². The molecular formula is C8H11N2O2+. The lowest BCUT2D eigenvalue weighted by molar-refractivity contribution is -0.523. The van der Waals surface area contributed by atoms with Gasteiger partial charge in [-0.2, -0.15) is 0 Å². The quantitative estimate of drug-likeness (QED) is 0.641. The number of rotatable bonds is 2. The van der Waals surface area contributed by atoms with E-state index in [1.165, 1.54) is 18.6 Å². The van der Waals surface area contributed by atoms with E-state index in [-0.39, 0.29) is 5.91 Å². The van der Waals surface area contributed by atoms with Crippen molar-refractivity contribution in [3.63, 3.8) is 0 Å². The fourth-order valence-corrected chi connectivity index (χ4v) is 0.902. The summed E-state index contributed by atoms with van der Waals surface area (Å²) >= 11 is 0. The lowest BCUT2D eigenvalue weighted by Gasteiger charge is -2.02. The number of carbonyl (C=O) groups excluding carboxylic acids is 1. The maximum Gasteiger partial charge on any atom is 0.346 e. The van der Waals surface area contributed by atoms with Crippen LogP contribution in [0.5, 0.6) is 5.75 Å². The Morgan fingerprint density at radius 2 is 2.42 bits per heavy atom. The van der Waals surface area contributed by atoms with E-state index in [1.54, 1.807) is 19.3 Å². The first kappa shape index (κ1) is 8.67. The summed E-state index contributed by atoms with van der Waals surface area (Å²) in [5.74, 6) is 0.467. The summed E-state index contributed by atoms with van der Waals surface area (Å²) in [6.07, 6.45) is 3.09. The molecule has 1 rings (SSSR count). The monoisotopic (exact) mass is 167 g/mol. The summed E-state index contributed by atoms with van der Waals surface area (Å²) in [4.78, 5) is 15.1. The number of methoxy groups -OCH3 is 1. The van der Waals surface area contributed by atoms with Crippen molar-refractivity contribution in [3.05, 3.63) is 24.0 Å². The van der Waals surface area contributed by atoms with E-state index in [2.05, 4.69) is 4.98 Å². The Labute approximate surface area is 70.6 Å². The van der Waals surface area contributed by atoms with Crippen LogP contribution in [0.15, 0.2) is 18.5 Å².